The molecule has 1 fully saturated rings. The van der Waals surface area contributed by atoms with Crippen molar-refractivity contribution in [2.24, 2.45) is 5.73 Å². The maximum Gasteiger partial charge on any atom is 0.0221 e. The quantitative estimate of drug-likeness (QED) is 0.537. The highest BCUT2D eigenvalue weighted by molar-refractivity contribution is 4.81. The molecule has 0 aromatic rings. The minimum absolute atomic E-state index is 0.642. The number of hydrogen-bond acceptors (Lipinski definition) is 2. The van der Waals surface area contributed by atoms with E-state index in [4.69, 9.17) is 5.73 Å². The molecule has 21 heavy (non-hydrogen) atoms. The van der Waals surface area contributed by atoms with Crippen molar-refractivity contribution in [3.05, 3.63) is 0 Å². The highest BCUT2D eigenvalue weighted by Crippen LogP contribution is 2.23. The second-order valence-corrected chi connectivity index (χ2v) is 6.95. The molecule has 0 aliphatic carbocycles. The van der Waals surface area contributed by atoms with Crippen molar-refractivity contribution in [1.29, 1.82) is 0 Å². The van der Waals surface area contributed by atoms with Crippen LogP contribution in [0, 0.1) is 0 Å². The van der Waals surface area contributed by atoms with Crippen LogP contribution in [-0.2, 0) is 0 Å². The Kier molecular flexibility index (Phi) is 11.3. The van der Waals surface area contributed by atoms with Crippen LogP contribution in [0.2, 0.25) is 0 Å². The molecule has 1 aliphatic heterocycles. The minimum Gasteiger partial charge on any atom is -0.329 e. The van der Waals surface area contributed by atoms with Crippen molar-refractivity contribution in [3.8, 4) is 0 Å². The van der Waals surface area contributed by atoms with Gasteiger partial charge >= 0.3 is 0 Å². The molecule has 0 saturated carbocycles. The first-order chi connectivity index (χ1) is 10.3. The van der Waals surface area contributed by atoms with E-state index in [0.29, 0.717) is 6.04 Å². The van der Waals surface area contributed by atoms with Crippen molar-refractivity contribution in [1.82, 2.24) is 4.90 Å². The predicted octanol–water partition coefficient (Wildman–Crippen LogP) is 5.11. The molecule has 2 heteroatoms. The van der Waals surface area contributed by atoms with E-state index in [1.807, 2.05) is 0 Å². The van der Waals surface area contributed by atoms with Gasteiger partial charge in [0.1, 0.15) is 0 Å². The molecule has 0 aromatic heterocycles. The van der Waals surface area contributed by atoms with Crippen LogP contribution in [0.4, 0.5) is 0 Å². The largest absolute Gasteiger partial charge is 0.329 e. The van der Waals surface area contributed by atoms with Gasteiger partial charge in [0.25, 0.3) is 0 Å². The monoisotopic (exact) mass is 296 g/mol. The Bertz CT molecular complexity index is 230. The van der Waals surface area contributed by atoms with Crippen LogP contribution in [-0.4, -0.2) is 30.1 Å². The van der Waals surface area contributed by atoms with E-state index in [0.717, 1.165) is 12.6 Å². The summed E-state index contributed by atoms with van der Waals surface area (Å²) >= 11 is 0. The number of nitrogens with two attached hydrogens (primary N) is 1. The minimum atomic E-state index is 0.642. The summed E-state index contributed by atoms with van der Waals surface area (Å²) in [6, 6.07) is 1.44. The van der Waals surface area contributed by atoms with Gasteiger partial charge in [-0.2, -0.15) is 0 Å². The summed E-state index contributed by atoms with van der Waals surface area (Å²) in [6.07, 6.45) is 18.1. The molecular weight excluding hydrogens is 256 g/mol. The van der Waals surface area contributed by atoms with E-state index in [-0.39, 0.29) is 0 Å². The molecule has 1 rings (SSSR count). The number of nitrogens with zero attached hydrogens (tertiary/aromatic N) is 1. The fraction of sp³-hybridized carbons (Fsp3) is 1.00. The lowest BCUT2D eigenvalue weighted by Crippen LogP contribution is -2.46. The zero-order valence-corrected chi connectivity index (χ0v) is 14.8. The fourth-order valence-electron chi connectivity index (χ4n) is 3.87. The maximum absolute atomic E-state index is 6.11. The van der Waals surface area contributed by atoms with Gasteiger partial charge in [-0.15, -0.1) is 0 Å². The van der Waals surface area contributed by atoms with Gasteiger partial charge in [-0.05, 0) is 32.2 Å². The van der Waals surface area contributed by atoms with E-state index in [1.165, 1.54) is 90.0 Å². The van der Waals surface area contributed by atoms with Crippen LogP contribution >= 0.6 is 0 Å². The molecule has 2 N–H and O–H groups in total. The van der Waals surface area contributed by atoms with Gasteiger partial charge < -0.3 is 5.73 Å². The Balaban J connectivity index is 2.25. The number of unbranched alkanes of at least 4 members (excludes halogenated alkanes) is 6. The lowest BCUT2D eigenvalue weighted by molar-refractivity contribution is 0.127. The van der Waals surface area contributed by atoms with Crippen molar-refractivity contribution in [3.63, 3.8) is 0 Å². The predicted molar refractivity (Wildman–Crippen MR) is 94.7 cm³/mol. The Hall–Kier alpha value is -0.0800. The zero-order valence-electron chi connectivity index (χ0n) is 14.8. The van der Waals surface area contributed by atoms with Gasteiger partial charge in [0.15, 0.2) is 0 Å². The third kappa shape index (κ3) is 7.65. The summed E-state index contributed by atoms with van der Waals surface area (Å²) in [5.41, 5.74) is 6.11. The summed E-state index contributed by atoms with van der Waals surface area (Å²) in [5, 5.41) is 0. The molecule has 2 nitrogen and oxygen atoms in total. The Morgan fingerprint density at radius 2 is 1.67 bits per heavy atom. The summed E-state index contributed by atoms with van der Waals surface area (Å²) in [6.45, 7) is 6.78. The number of rotatable bonds is 11. The van der Waals surface area contributed by atoms with Gasteiger partial charge in [-0.25, -0.2) is 0 Å². The molecule has 0 bridgehead atoms. The number of hydrogen-bond donors (Lipinski definition) is 1. The van der Waals surface area contributed by atoms with Crippen LogP contribution in [0.25, 0.3) is 0 Å². The zero-order chi connectivity index (χ0) is 15.3. The van der Waals surface area contributed by atoms with Crippen molar-refractivity contribution < 1.29 is 0 Å². The molecule has 1 aliphatic rings. The Labute approximate surface area is 133 Å². The topological polar surface area (TPSA) is 29.3 Å². The van der Waals surface area contributed by atoms with Crippen molar-refractivity contribution in [2.45, 2.75) is 109 Å². The second kappa shape index (κ2) is 12.5. The fourth-order valence-corrected chi connectivity index (χ4v) is 3.87. The smallest absolute Gasteiger partial charge is 0.0221 e. The molecule has 0 amide bonds. The van der Waals surface area contributed by atoms with Crippen LogP contribution in [0.3, 0.4) is 0 Å². The van der Waals surface area contributed by atoms with Gasteiger partial charge in [-0.3, -0.25) is 4.90 Å². The van der Waals surface area contributed by atoms with E-state index >= 15 is 0 Å². The molecule has 2 unspecified atom stereocenters. The lowest BCUT2D eigenvalue weighted by Gasteiger charge is -2.36. The first-order valence-corrected chi connectivity index (χ1v) is 9.79. The average Bonchev–Trinajstić information content (AvgIpc) is 2.75. The highest BCUT2D eigenvalue weighted by atomic mass is 15.2. The molecule has 1 heterocycles. The average molecular weight is 297 g/mol. The maximum atomic E-state index is 6.11. The van der Waals surface area contributed by atoms with Crippen LogP contribution in [0.1, 0.15) is 97.3 Å². The molecule has 2 atom stereocenters. The third-order valence-electron chi connectivity index (χ3n) is 5.28. The van der Waals surface area contributed by atoms with Crippen molar-refractivity contribution in [2.75, 3.05) is 13.1 Å². The first kappa shape index (κ1) is 19.0. The third-order valence-corrected chi connectivity index (χ3v) is 5.28. The van der Waals surface area contributed by atoms with Crippen LogP contribution in [0.5, 0.6) is 0 Å². The van der Waals surface area contributed by atoms with E-state index < -0.39 is 0 Å². The molecular formula is C19H40N2. The van der Waals surface area contributed by atoms with E-state index in [2.05, 4.69) is 18.7 Å². The molecule has 126 valence electrons. The van der Waals surface area contributed by atoms with Gasteiger partial charge in [0, 0.05) is 18.6 Å². The molecule has 0 aromatic carbocycles. The van der Waals surface area contributed by atoms with Crippen LogP contribution in [0.15, 0.2) is 0 Å². The Morgan fingerprint density at radius 1 is 0.952 bits per heavy atom. The van der Waals surface area contributed by atoms with Gasteiger partial charge in [-0.1, -0.05) is 71.6 Å². The molecule has 1 saturated heterocycles. The molecule has 0 radical (unpaired) electrons. The normalized spacial score (nSPS) is 22.1. The second-order valence-electron chi connectivity index (χ2n) is 6.95. The molecule has 0 spiro atoms. The SMILES string of the molecule is CCCCCCCCCC(CN)N1CCCCCC1CC. The van der Waals surface area contributed by atoms with E-state index in [1.54, 1.807) is 0 Å². The summed E-state index contributed by atoms with van der Waals surface area (Å²) in [4.78, 5) is 2.77. The van der Waals surface area contributed by atoms with Crippen molar-refractivity contribution >= 4 is 0 Å². The highest BCUT2D eigenvalue weighted by Gasteiger charge is 2.25. The summed E-state index contributed by atoms with van der Waals surface area (Å²) in [5.74, 6) is 0. The standard InChI is InChI=1S/C19H40N2/c1-3-5-6-7-8-9-11-15-19(17-20)21-16-13-10-12-14-18(21)4-2/h18-19H,3-17,20H2,1-2H3. The first-order valence-electron chi connectivity index (χ1n) is 9.79. The van der Waals surface area contributed by atoms with E-state index in [9.17, 15) is 0 Å². The lowest BCUT2D eigenvalue weighted by atomic mass is 10.0. The van der Waals surface area contributed by atoms with Gasteiger partial charge in [0.2, 0.25) is 0 Å². The summed E-state index contributed by atoms with van der Waals surface area (Å²) < 4.78 is 0. The van der Waals surface area contributed by atoms with Crippen LogP contribution < -0.4 is 5.73 Å². The summed E-state index contributed by atoms with van der Waals surface area (Å²) in [7, 11) is 0. The van der Waals surface area contributed by atoms with Gasteiger partial charge in [0.05, 0.1) is 0 Å². The number of likely N-dealkylation sites (tertiary alicyclic amines) is 1. The Morgan fingerprint density at radius 3 is 2.33 bits per heavy atom.